The maximum absolute atomic E-state index is 13.4. The van der Waals surface area contributed by atoms with Gasteiger partial charge in [-0.25, -0.2) is 4.79 Å². The van der Waals surface area contributed by atoms with Crippen molar-refractivity contribution in [3.8, 4) is 0 Å². The first-order valence-electron chi connectivity index (χ1n) is 11.5. The zero-order chi connectivity index (χ0) is 23.7. The molecule has 0 radical (unpaired) electrons. The zero-order valence-corrected chi connectivity index (χ0v) is 21.5. The van der Waals surface area contributed by atoms with Crippen molar-refractivity contribution in [2.24, 2.45) is 0 Å². The Kier molecular flexibility index (Phi) is 6.87. The number of carbonyl (C=O) groups excluding carboxylic acids is 2. The van der Waals surface area contributed by atoms with Gasteiger partial charge in [0.05, 0.1) is 13.2 Å². The van der Waals surface area contributed by atoms with Crippen molar-refractivity contribution in [3.63, 3.8) is 0 Å². The normalized spacial score (nSPS) is 25.5. The van der Waals surface area contributed by atoms with E-state index in [1.807, 2.05) is 36.4 Å². The first-order chi connectivity index (χ1) is 15.8. The van der Waals surface area contributed by atoms with Crippen molar-refractivity contribution in [2.75, 3.05) is 13.2 Å². The van der Waals surface area contributed by atoms with Crippen LogP contribution in [0, 0.1) is 0 Å². The number of esters is 1. The SMILES string of the molecule is CCOC(=O)[C@]12S[C@H](CCO[C@H]1O[Si](c1ccccc1)(c1ccccc1)C(C)(C)C)CC2=O. The highest BCUT2D eigenvalue weighted by atomic mass is 32.2. The Morgan fingerprint density at radius 2 is 1.67 bits per heavy atom. The van der Waals surface area contributed by atoms with Crippen molar-refractivity contribution in [3.05, 3.63) is 60.7 Å². The predicted molar refractivity (Wildman–Crippen MR) is 133 cm³/mol. The highest BCUT2D eigenvalue weighted by molar-refractivity contribution is 8.03. The van der Waals surface area contributed by atoms with Crippen LogP contribution in [0.25, 0.3) is 0 Å². The standard InChI is InChI=1S/C26H32O5SSi/c1-5-29-23(28)26-22(27)18-19(32-26)16-17-30-24(26)31-33(25(2,3)4,20-12-8-6-9-13-20)21-14-10-7-11-15-21/h6-15,19,24H,5,16-18H2,1-4H3/t19-,24+,26+/m1/s1. The van der Waals surface area contributed by atoms with Gasteiger partial charge in [0.2, 0.25) is 4.75 Å². The van der Waals surface area contributed by atoms with Crippen molar-refractivity contribution in [1.82, 2.24) is 0 Å². The third-order valence-corrected chi connectivity index (χ3v) is 13.2. The largest absolute Gasteiger partial charge is 0.464 e. The molecule has 2 aromatic rings. The summed E-state index contributed by atoms with van der Waals surface area (Å²) in [6.07, 6.45) is 0.0267. The number of Topliss-reactive ketones (excluding diaryl/α,β-unsaturated/α-hetero) is 1. The molecule has 0 unspecified atom stereocenters. The molecule has 2 saturated heterocycles. The molecule has 3 atom stereocenters. The summed E-state index contributed by atoms with van der Waals surface area (Å²) in [6, 6.07) is 20.4. The third kappa shape index (κ3) is 4.09. The minimum Gasteiger partial charge on any atom is -0.464 e. The number of carbonyl (C=O) groups is 2. The molecule has 2 aromatic carbocycles. The molecular weight excluding hydrogens is 452 g/mol. The molecular formula is C26H32O5SSi. The molecule has 5 nitrogen and oxygen atoms in total. The van der Waals surface area contributed by atoms with Crippen LogP contribution in [-0.2, 0) is 23.5 Å². The number of rotatable bonds is 6. The van der Waals surface area contributed by atoms with E-state index in [0.29, 0.717) is 19.4 Å². The van der Waals surface area contributed by atoms with Gasteiger partial charge >= 0.3 is 5.97 Å². The molecule has 0 amide bonds. The van der Waals surface area contributed by atoms with E-state index in [-0.39, 0.29) is 22.7 Å². The lowest BCUT2D eigenvalue weighted by Gasteiger charge is -2.47. The van der Waals surface area contributed by atoms with E-state index in [0.717, 1.165) is 10.4 Å². The van der Waals surface area contributed by atoms with Crippen LogP contribution in [0.5, 0.6) is 0 Å². The van der Waals surface area contributed by atoms with E-state index in [1.54, 1.807) is 6.92 Å². The Hall–Kier alpha value is -1.93. The summed E-state index contributed by atoms with van der Waals surface area (Å²) in [5.74, 6) is -0.703. The van der Waals surface area contributed by atoms with Crippen molar-refractivity contribution < 1.29 is 23.5 Å². The quantitative estimate of drug-likeness (QED) is 0.354. The Morgan fingerprint density at radius 3 is 2.18 bits per heavy atom. The van der Waals surface area contributed by atoms with Crippen LogP contribution in [0.15, 0.2) is 60.7 Å². The van der Waals surface area contributed by atoms with Gasteiger partial charge in [0, 0.05) is 11.7 Å². The lowest BCUT2D eigenvalue weighted by molar-refractivity contribution is -0.168. The number of benzene rings is 2. The zero-order valence-electron chi connectivity index (χ0n) is 19.7. The number of ether oxygens (including phenoxy) is 2. The predicted octanol–water partition coefficient (Wildman–Crippen LogP) is 3.69. The lowest BCUT2D eigenvalue weighted by atomic mass is 9.97. The minimum atomic E-state index is -3.04. The Bertz CT molecular complexity index is 951. The highest BCUT2D eigenvalue weighted by Gasteiger charge is 2.65. The highest BCUT2D eigenvalue weighted by Crippen LogP contribution is 2.50. The van der Waals surface area contributed by atoms with E-state index in [4.69, 9.17) is 13.9 Å². The molecule has 4 rings (SSSR count). The van der Waals surface area contributed by atoms with E-state index >= 15 is 0 Å². The summed E-state index contributed by atoms with van der Waals surface area (Å²) in [6.45, 7) is 8.89. The van der Waals surface area contributed by atoms with Gasteiger partial charge in [-0.2, -0.15) is 0 Å². The van der Waals surface area contributed by atoms with E-state index in [2.05, 4.69) is 45.0 Å². The molecule has 2 fully saturated rings. The summed E-state index contributed by atoms with van der Waals surface area (Å²) >= 11 is 1.37. The van der Waals surface area contributed by atoms with Crippen LogP contribution in [0.4, 0.5) is 0 Å². The van der Waals surface area contributed by atoms with Crippen LogP contribution < -0.4 is 10.4 Å². The van der Waals surface area contributed by atoms with E-state index in [1.165, 1.54) is 11.8 Å². The maximum Gasteiger partial charge on any atom is 0.335 e. The van der Waals surface area contributed by atoms with Crippen LogP contribution in [0.1, 0.15) is 40.5 Å². The maximum atomic E-state index is 13.4. The fourth-order valence-electron chi connectivity index (χ4n) is 4.97. The second-order valence-electron chi connectivity index (χ2n) is 9.60. The number of fused-ring (bicyclic) bond motifs is 2. The van der Waals surface area contributed by atoms with Crippen molar-refractivity contribution >= 4 is 42.2 Å². The number of ketones is 1. The molecule has 0 saturated carbocycles. The molecule has 0 spiro atoms. The number of thioether (sulfide) groups is 1. The fraction of sp³-hybridized carbons (Fsp3) is 0.462. The third-order valence-electron chi connectivity index (χ3n) is 6.50. The van der Waals surface area contributed by atoms with E-state index < -0.39 is 25.3 Å². The van der Waals surface area contributed by atoms with Gasteiger partial charge in [0.1, 0.15) is 0 Å². The van der Waals surface area contributed by atoms with E-state index in [9.17, 15) is 9.59 Å². The summed E-state index contributed by atoms with van der Waals surface area (Å²) in [7, 11) is -3.04. The van der Waals surface area contributed by atoms with Gasteiger partial charge in [-0.3, -0.25) is 4.79 Å². The van der Waals surface area contributed by atoms with Crippen LogP contribution in [0.3, 0.4) is 0 Å². The van der Waals surface area contributed by atoms with Crippen LogP contribution in [0.2, 0.25) is 5.04 Å². The Balaban J connectivity index is 1.91. The summed E-state index contributed by atoms with van der Waals surface area (Å²) in [4.78, 5) is 26.8. The topological polar surface area (TPSA) is 61.8 Å². The lowest BCUT2D eigenvalue weighted by Crippen LogP contribution is -2.70. The number of hydrogen-bond donors (Lipinski definition) is 0. The second-order valence-corrected chi connectivity index (χ2v) is 15.4. The summed E-state index contributed by atoms with van der Waals surface area (Å²) in [5, 5.41) is 1.87. The summed E-state index contributed by atoms with van der Waals surface area (Å²) in [5.41, 5.74) is 0. The minimum absolute atomic E-state index is 0.0367. The van der Waals surface area contributed by atoms with Gasteiger partial charge in [-0.1, -0.05) is 81.4 Å². The fourth-order valence-corrected chi connectivity index (χ4v) is 11.2. The molecule has 0 N–H and O–H groups in total. The van der Waals surface area contributed by atoms with Crippen molar-refractivity contribution in [2.45, 2.75) is 61.9 Å². The van der Waals surface area contributed by atoms with Gasteiger partial charge in [-0.15, -0.1) is 11.8 Å². The molecule has 33 heavy (non-hydrogen) atoms. The number of hydrogen-bond acceptors (Lipinski definition) is 6. The Morgan fingerprint density at radius 1 is 1.09 bits per heavy atom. The molecule has 7 heteroatoms. The molecule has 2 heterocycles. The van der Waals surface area contributed by atoms with Crippen molar-refractivity contribution in [1.29, 1.82) is 0 Å². The first kappa shape index (κ1) is 24.2. The average molecular weight is 485 g/mol. The van der Waals surface area contributed by atoms with Gasteiger partial charge < -0.3 is 13.9 Å². The molecule has 2 aliphatic rings. The second kappa shape index (κ2) is 9.37. The monoisotopic (exact) mass is 484 g/mol. The molecule has 176 valence electrons. The Labute approximate surface area is 201 Å². The van der Waals surface area contributed by atoms with Crippen LogP contribution in [-0.4, -0.2) is 49.6 Å². The molecule has 2 aliphatic heterocycles. The average Bonchev–Trinajstić information content (AvgIpc) is 3.02. The smallest absolute Gasteiger partial charge is 0.335 e. The molecule has 0 aromatic heterocycles. The van der Waals surface area contributed by atoms with Crippen LogP contribution >= 0.6 is 11.8 Å². The summed E-state index contributed by atoms with van der Waals surface area (Å²) < 4.78 is 17.3. The van der Waals surface area contributed by atoms with Gasteiger partial charge in [0.15, 0.2) is 12.1 Å². The first-order valence-corrected chi connectivity index (χ1v) is 14.3. The molecule has 0 aliphatic carbocycles. The molecule has 2 bridgehead atoms. The van der Waals surface area contributed by atoms with Gasteiger partial charge in [0.25, 0.3) is 8.32 Å². The van der Waals surface area contributed by atoms with Gasteiger partial charge in [-0.05, 0) is 28.8 Å².